The molecule has 0 aliphatic carbocycles. The summed E-state index contributed by atoms with van der Waals surface area (Å²) in [7, 11) is -3.64. The zero-order valence-electron chi connectivity index (χ0n) is 11.8. The zero-order chi connectivity index (χ0) is 15.0. The van der Waals surface area contributed by atoms with E-state index < -0.39 is 10.0 Å². The molecule has 0 spiro atoms. The van der Waals surface area contributed by atoms with Gasteiger partial charge in [0.15, 0.2) is 0 Å². The molecule has 0 aliphatic rings. The number of aryl methyl sites for hydroxylation is 1. The highest BCUT2D eigenvalue weighted by Gasteiger charge is 2.30. The molecule has 0 aliphatic heterocycles. The first-order valence-corrected chi connectivity index (χ1v) is 8.31. The van der Waals surface area contributed by atoms with Gasteiger partial charge in [-0.15, -0.1) is 0 Å². The van der Waals surface area contributed by atoms with E-state index in [1.54, 1.807) is 26.8 Å². The molecule has 6 heteroatoms. The topological polar surface area (TPSA) is 37.4 Å². The van der Waals surface area contributed by atoms with Crippen molar-refractivity contribution in [1.82, 2.24) is 4.31 Å². The summed E-state index contributed by atoms with van der Waals surface area (Å²) >= 11 is 12.3. The van der Waals surface area contributed by atoms with Crippen LogP contribution in [-0.2, 0) is 10.0 Å². The Bertz CT molecular complexity index is 557. The summed E-state index contributed by atoms with van der Waals surface area (Å²) < 4.78 is 26.9. The van der Waals surface area contributed by atoms with Crippen molar-refractivity contribution < 1.29 is 8.42 Å². The quantitative estimate of drug-likeness (QED) is 0.838. The van der Waals surface area contributed by atoms with Crippen LogP contribution in [0.15, 0.2) is 11.0 Å². The van der Waals surface area contributed by atoms with E-state index in [9.17, 15) is 8.42 Å². The van der Waals surface area contributed by atoms with E-state index in [4.69, 9.17) is 23.2 Å². The summed E-state index contributed by atoms with van der Waals surface area (Å²) in [5.41, 5.74) is 1.16. The van der Waals surface area contributed by atoms with Gasteiger partial charge in [0.25, 0.3) is 0 Å². The molecule has 1 aromatic carbocycles. The summed E-state index contributed by atoms with van der Waals surface area (Å²) in [4.78, 5) is 0.120. The molecule has 0 saturated heterocycles. The van der Waals surface area contributed by atoms with Crippen LogP contribution in [0, 0.1) is 13.8 Å². The van der Waals surface area contributed by atoms with Gasteiger partial charge in [0.1, 0.15) is 4.90 Å². The second-order valence-corrected chi connectivity index (χ2v) is 7.36. The maximum absolute atomic E-state index is 12.7. The van der Waals surface area contributed by atoms with Crippen molar-refractivity contribution in [2.45, 2.75) is 45.6 Å². The number of nitrogens with zero attached hydrogens (tertiary/aromatic N) is 1. The Morgan fingerprint density at radius 3 is 2.21 bits per heavy atom. The molecule has 1 rings (SSSR count). The van der Waals surface area contributed by atoms with Crippen molar-refractivity contribution in [2.24, 2.45) is 0 Å². The Kier molecular flexibility index (Phi) is 5.29. The first kappa shape index (κ1) is 16.8. The van der Waals surface area contributed by atoms with Gasteiger partial charge in [-0.25, -0.2) is 8.42 Å². The Morgan fingerprint density at radius 2 is 1.79 bits per heavy atom. The highest BCUT2D eigenvalue weighted by molar-refractivity contribution is 7.89. The van der Waals surface area contributed by atoms with E-state index in [-0.39, 0.29) is 16.0 Å². The fourth-order valence-electron chi connectivity index (χ4n) is 2.05. The lowest BCUT2D eigenvalue weighted by atomic mass is 10.2. The van der Waals surface area contributed by atoms with Crippen LogP contribution in [0.25, 0.3) is 0 Å². The molecule has 0 aromatic heterocycles. The van der Waals surface area contributed by atoms with Crippen molar-refractivity contribution in [1.29, 1.82) is 0 Å². The minimum absolute atomic E-state index is 0.120. The van der Waals surface area contributed by atoms with Crippen LogP contribution in [0.5, 0.6) is 0 Å². The number of hydrogen-bond acceptors (Lipinski definition) is 2. The number of halogens is 2. The summed E-state index contributed by atoms with van der Waals surface area (Å²) in [6, 6.07) is 1.55. The second-order valence-electron chi connectivity index (χ2n) is 4.75. The van der Waals surface area contributed by atoms with E-state index in [0.29, 0.717) is 22.7 Å². The van der Waals surface area contributed by atoms with Gasteiger partial charge in [-0.1, -0.05) is 30.1 Å². The minimum atomic E-state index is -3.64. The number of sulfonamides is 1. The third kappa shape index (κ3) is 3.07. The molecular formula is C13H19Cl2NO2S. The van der Waals surface area contributed by atoms with Gasteiger partial charge in [-0.2, -0.15) is 4.31 Å². The highest BCUT2D eigenvalue weighted by atomic mass is 35.5. The molecule has 3 nitrogen and oxygen atoms in total. The van der Waals surface area contributed by atoms with E-state index in [2.05, 4.69) is 0 Å². The average Bonchev–Trinajstić information content (AvgIpc) is 2.26. The lowest BCUT2D eigenvalue weighted by Gasteiger charge is -2.26. The van der Waals surface area contributed by atoms with Crippen molar-refractivity contribution in [2.75, 3.05) is 6.54 Å². The fraction of sp³-hybridized carbons (Fsp3) is 0.538. The zero-order valence-corrected chi connectivity index (χ0v) is 14.1. The van der Waals surface area contributed by atoms with Crippen LogP contribution in [0.1, 0.15) is 31.9 Å². The average molecular weight is 324 g/mol. The van der Waals surface area contributed by atoms with Gasteiger partial charge < -0.3 is 0 Å². The largest absolute Gasteiger partial charge is 0.245 e. The molecule has 0 N–H and O–H groups in total. The van der Waals surface area contributed by atoms with Gasteiger partial charge in [0, 0.05) is 17.6 Å². The van der Waals surface area contributed by atoms with Crippen molar-refractivity contribution in [3.8, 4) is 0 Å². The smallest absolute Gasteiger partial charge is 0.207 e. The van der Waals surface area contributed by atoms with E-state index in [1.165, 1.54) is 4.31 Å². The van der Waals surface area contributed by atoms with Gasteiger partial charge in [0.05, 0.1) is 5.02 Å². The normalized spacial score (nSPS) is 12.5. The standard InChI is InChI=1S/C13H19Cl2NO2S/c1-6-16(8(2)3)19(17,18)13-10(5)11(14)7-9(4)12(13)15/h7-8H,6H2,1-5H3. The molecule has 0 saturated carbocycles. The number of rotatable bonds is 4. The predicted octanol–water partition coefficient (Wildman–Crippen LogP) is 4.03. The molecule has 0 unspecified atom stereocenters. The van der Waals surface area contributed by atoms with Crippen LogP contribution < -0.4 is 0 Å². The van der Waals surface area contributed by atoms with E-state index in [1.807, 2.05) is 13.8 Å². The van der Waals surface area contributed by atoms with Crippen LogP contribution in [0.3, 0.4) is 0 Å². The maximum Gasteiger partial charge on any atom is 0.245 e. The van der Waals surface area contributed by atoms with Gasteiger partial charge in [-0.05, 0) is 44.9 Å². The van der Waals surface area contributed by atoms with Gasteiger partial charge >= 0.3 is 0 Å². The first-order chi connectivity index (χ1) is 8.64. The van der Waals surface area contributed by atoms with Crippen molar-refractivity contribution in [3.05, 3.63) is 27.2 Å². The van der Waals surface area contributed by atoms with Crippen molar-refractivity contribution >= 4 is 33.2 Å². The molecule has 0 bridgehead atoms. The van der Waals surface area contributed by atoms with Crippen LogP contribution in [-0.4, -0.2) is 25.3 Å². The van der Waals surface area contributed by atoms with Crippen LogP contribution in [0.2, 0.25) is 10.0 Å². The lowest BCUT2D eigenvalue weighted by molar-refractivity contribution is 0.369. The predicted molar refractivity (Wildman–Crippen MR) is 80.6 cm³/mol. The molecule has 108 valence electrons. The molecule has 0 fully saturated rings. The molecule has 1 aromatic rings. The maximum atomic E-state index is 12.7. The molecule has 0 amide bonds. The van der Waals surface area contributed by atoms with Gasteiger partial charge in [-0.3, -0.25) is 0 Å². The lowest BCUT2D eigenvalue weighted by Crippen LogP contribution is -2.37. The van der Waals surface area contributed by atoms with Crippen LogP contribution >= 0.6 is 23.2 Å². The fourth-order valence-corrected chi connectivity index (χ4v) is 4.87. The monoisotopic (exact) mass is 323 g/mol. The minimum Gasteiger partial charge on any atom is -0.207 e. The molecule has 0 atom stereocenters. The Hall–Kier alpha value is -0.290. The Labute approximate surface area is 125 Å². The molecule has 0 radical (unpaired) electrons. The highest BCUT2D eigenvalue weighted by Crippen LogP contribution is 2.35. The Morgan fingerprint density at radius 1 is 1.26 bits per heavy atom. The summed E-state index contributed by atoms with van der Waals surface area (Å²) in [5, 5.41) is 0.668. The third-order valence-electron chi connectivity index (χ3n) is 3.04. The van der Waals surface area contributed by atoms with Gasteiger partial charge in [0.2, 0.25) is 10.0 Å². The first-order valence-electron chi connectivity index (χ1n) is 6.11. The SMILES string of the molecule is CCN(C(C)C)S(=O)(=O)c1c(C)c(Cl)cc(C)c1Cl. The number of hydrogen-bond donors (Lipinski definition) is 0. The summed E-state index contributed by atoms with van der Waals surface area (Å²) in [6.45, 7) is 9.29. The molecule has 0 heterocycles. The molecule has 19 heavy (non-hydrogen) atoms. The third-order valence-corrected chi connectivity index (χ3v) is 6.36. The number of benzene rings is 1. The van der Waals surface area contributed by atoms with E-state index >= 15 is 0 Å². The Balaban J connectivity index is 3.62. The molecular weight excluding hydrogens is 305 g/mol. The van der Waals surface area contributed by atoms with Crippen molar-refractivity contribution in [3.63, 3.8) is 0 Å². The summed E-state index contributed by atoms with van der Waals surface area (Å²) in [5.74, 6) is 0. The van der Waals surface area contributed by atoms with E-state index in [0.717, 1.165) is 0 Å². The van der Waals surface area contributed by atoms with Crippen LogP contribution in [0.4, 0.5) is 0 Å². The summed E-state index contributed by atoms with van der Waals surface area (Å²) in [6.07, 6.45) is 0. The second kappa shape index (κ2) is 6.00.